The number of rotatable bonds is 3. The summed E-state index contributed by atoms with van der Waals surface area (Å²) in [7, 11) is 0. The standard InChI is InChI=1S/C9H8Br3NO/c10-3-4-13-9(14)7-2-1-6(11)5-8(7)12/h1-2,5H,3-4H2,(H,13,14). The van der Waals surface area contributed by atoms with Gasteiger partial charge in [-0.25, -0.2) is 0 Å². The predicted octanol–water partition coefficient (Wildman–Crippen LogP) is 3.34. The van der Waals surface area contributed by atoms with Gasteiger partial charge in [0.25, 0.3) is 5.91 Å². The van der Waals surface area contributed by atoms with Gasteiger partial charge in [-0.05, 0) is 34.1 Å². The van der Waals surface area contributed by atoms with E-state index in [1.165, 1.54) is 0 Å². The number of nitrogens with one attached hydrogen (secondary N) is 1. The van der Waals surface area contributed by atoms with E-state index >= 15 is 0 Å². The molecule has 0 saturated carbocycles. The van der Waals surface area contributed by atoms with Gasteiger partial charge in [-0.1, -0.05) is 31.9 Å². The fraction of sp³-hybridized carbons (Fsp3) is 0.222. The average molecular weight is 386 g/mol. The first-order valence-electron chi connectivity index (χ1n) is 3.94. The highest BCUT2D eigenvalue weighted by atomic mass is 79.9. The molecule has 76 valence electrons. The van der Waals surface area contributed by atoms with Crippen molar-refractivity contribution in [2.45, 2.75) is 0 Å². The molecule has 0 heterocycles. The summed E-state index contributed by atoms with van der Waals surface area (Å²) in [5.41, 5.74) is 0.647. The molecule has 0 unspecified atom stereocenters. The molecule has 0 aromatic heterocycles. The van der Waals surface area contributed by atoms with Crippen LogP contribution in [0.15, 0.2) is 27.1 Å². The Morgan fingerprint density at radius 3 is 2.64 bits per heavy atom. The molecule has 0 atom stereocenters. The second-order valence-electron chi connectivity index (χ2n) is 2.57. The maximum Gasteiger partial charge on any atom is 0.252 e. The van der Waals surface area contributed by atoms with Gasteiger partial charge in [-0.2, -0.15) is 0 Å². The van der Waals surface area contributed by atoms with Crippen molar-refractivity contribution in [1.82, 2.24) is 5.32 Å². The van der Waals surface area contributed by atoms with Crippen molar-refractivity contribution >= 4 is 53.7 Å². The molecule has 0 aliphatic carbocycles. The van der Waals surface area contributed by atoms with Crippen LogP contribution in [0.25, 0.3) is 0 Å². The van der Waals surface area contributed by atoms with Crippen LogP contribution in [0.2, 0.25) is 0 Å². The van der Waals surface area contributed by atoms with Gasteiger partial charge >= 0.3 is 0 Å². The van der Waals surface area contributed by atoms with E-state index in [9.17, 15) is 4.79 Å². The van der Waals surface area contributed by atoms with Gasteiger partial charge in [0.2, 0.25) is 0 Å². The first kappa shape index (κ1) is 12.2. The highest BCUT2D eigenvalue weighted by Gasteiger charge is 2.08. The van der Waals surface area contributed by atoms with E-state index in [0.29, 0.717) is 12.1 Å². The molecule has 1 aromatic rings. The Morgan fingerprint density at radius 1 is 1.36 bits per heavy atom. The van der Waals surface area contributed by atoms with Crippen molar-refractivity contribution in [3.8, 4) is 0 Å². The minimum atomic E-state index is -0.0659. The largest absolute Gasteiger partial charge is 0.351 e. The highest BCUT2D eigenvalue weighted by Crippen LogP contribution is 2.21. The normalized spacial score (nSPS) is 9.93. The van der Waals surface area contributed by atoms with Crippen molar-refractivity contribution in [1.29, 1.82) is 0 Å². The van der Waals surface area contributed by atoms with Crippen molar-refractivity contribution < 1.29 is 4.79 Å². The Labute approximate surface area is 108 Å². The Bertz CT molecular complexity index is 341. The topological polar surface area (TPSA) is 29.1 Å². The minimum Gasteiger partial charge on any atom is -0.351 e. The molecule has 0 saturated heterocycles. The van der Waals surface area contributed by atoms with Crippen molar-refractivity contribution in [3.63, 3.8) is 0 Å². The second kappa shape index (κ2) is 5.88. The number of carbonyl (C=O) groups excluding carboxylic acids is 1. The zero-order valence-corrected chi connectivity index (χ0v) is 11.9. The van der Waals surface area contributed by atoms with E-state index in [1.54, 1.807) is 6.07 Å². The number of amides is 1. The third-order valence-corrected chi connectivity index (χ3v) is 3.10. The SMILES string of the molecule is O=C(NCCBr)c1ccc(Br)cc1Br. The molecule has 1 amide bonds. The van der Waals surface area contributed by atoms with Gasteiger partial charge in [-0.15, -0.1) is 0 Å². The monoisotopic (exact) mass is 383 g/mol. The van der Waals surface area contributed by atoms with E-state index in [1.807, 2.05) is 12.1 Å². The molecule has 0 fully saturated rings. The lowest BCUT2D eigenvalue weighted by atomic mass is 10.2. The molecule has 0 radical (unpaired) electrons. The number of hydrogen-bond donors (Lipinski definition) is 1. The third kappa shape index (κ3) is 3.37. The van der Waals surface area contributed by atoms with Crippen LogP contribution in [0.3, 0.4) is 0 Å². The quantitative estimate of drug-likeness (QED) is 0.794. The summed E-state index contributed by atoms with van der Waals surface area (Å²) in [6.45, 7) is 0.626. The summed E-state index contributed by atoms with van der Waals surface area (Å²) in [6, 6.07) is 5.47. The van der Waals surface area contributed by atoms with Crippen LogP contribution in [0.1, 0.15) is 10.4 Å². The fourth-order valence-corrected chi connectivity index (χ4v) is 2.36. The molecule has 0 spiro atoms. The predicted molar refractivity (Wildman–Crippen MR) is 68.0 cm³/mol. The van der Waals surface area contributed by atoms with Crippen LogP contribution in [-0.4, -0.2) is 17.8 Å². The summed E-state index contributed by atoms with van der Waals surface area (Å²) in [5.74, 6) is -0.0659. The molecule has 0 bridgehead atoms. The van der Waals surface area contributed by atoms with Crippen LogP contribution in [0.4, 0.5) is 0 Å². The van der Waals surface area contributed by atoms with Crippen molar-refractivity contribution in [2.75, 3.05) is 11.9 Å². The van der Waals surface area contributed by atoms with Gasteiger partial charge in [0.05, 0.1) is 5.56 Å². The lowest BCUT2D eigenvalue weighted by Gasteiger charge is -2.05. The molecule has 2 nitrogen and oxygen atoms in total. The molecule has 0 aliphatic rings. The minimum absolute atomic E-state index is 0.0659. The van der Waals surface area contributed by atoms with Gasteiger partial charge in [-0.3, -0.25) is 4.79 Å². The molecular formula is C9H8Br3NO. The Morgan fingerprint density at radius 2 is 2.07 bits per heavy atom. The lowest BCUT2D eigenvalue weighted by molar-refractivity contribution is 0.0955. The number of alkyl halides is 1. The van der Waals surface area contributed by atoms with Crippen molar-refractivity contribution in [3.05, 3.63) is 32.7 Å². The summed E-state index contributed by atoms with van der Waals surface area (Å²) in [4.78, 5) is 11.6. The molecule has 0 aliphatic heterocycles. The van der Waals surface area contributed by atoms with E-state index in [2.05, 4.69) is 53.1 Å². The lowest BCUT2D eigenvalue weighted by Crippen LogP contribution is -2.25. The van der Waals surface area contributed by atoms with Gasteiger partial charge in [0, 0.05) is 20.8 Å². The van der Waals surface area contributed by atoms with Crippen LogP contribution in [-0.2, 0) is 0 Å². The summed E-state index contributed by atoms with van der Waals surface area (Å²) < 4.78 is 1.74. The molecule has 1 N–H and O–H groups in total. The maximum absolute atomic E-state index is 11.6. The highest BCUT2D eigenvalue weighted by molar-refractivity contribution is 9.11. The van der Waals surface area contributed by atoms with Crippen LogP contribution in [0.5, 0.6) is 0 Å². The fourth-order valence-electron chi connectivity index (χ4n) is 0.930. The third-order valence-electron chi connectivity index (χ3n) is 1.56. The summed E-state index contributed by atoms with van der Waals surface area (Å²) in [6.07, 6.45) is 0. The average Bonchev–Trinajstić information content (AvgIpc) is 2.14. The Hall–Kier alpha value is 0.130. The van der Waals surface area contributed by atoms with Crippen LogP contribution < -0.4 is 5.32 Å². The van der Waals surface area contributed by atoms with E-state index in [4.69, 9.17) is 0 Å². The number of carbonyl (C=O) groups is 1. The smallest absolute Gasteiger partial charge is 0.252 e. The van der Waals surface area contributed by atoms with Crippen molar-refractivity contribution in [2.24, 2.45) is 0 Å². The number of hydrogen-bond acceptors (Lipinski definition) is 1. The second-order valence-corrected chi connectivity index (χ2v) is 5.13. The zero-order valence-electron chi connectivity index (χ0n) is 7.19. The van der Waals surface area contributed by atoms with Crippen LogP contribution >= 0.6 is 47.8 Å². The van der Waals surface area contributed by atoms with E-state index in [-0.39, 0.29) is 5.91 Å². The Balaban J connectivity index is 2.80. The molecule has 1 rings (SSSR count). The molecular weight excluding hydrogens is 378 g/mol. The number of benzene rings is 1. The molecule has 5 heteroatoms. The van der Waals surface area contributed by atoms with Gasteiger partial charge in [0.1, 0.15) is 0 Å². The van der Waals surface area contributed by atoms with Crippen LogP contribution in [0, 0.1) is 0 Å². The van der Waals surface area contributed by atoms with E-state index < -0.39 is 0 Å². The first-order valence-corrected chi connectivity index (χ1v) is 6.65. The molecule has 14 heavy (non-hydrogen) atoms. The maximum atomic E-state index is 11.6. The zero-order chi connectivity index (χ0) is 10.6. The van der Waals surface area contributed by atoms with E-state index in [0.717, 1.165) is 14.3 Å². The first-order chi connectivity index (χ1) is 6.65. The molecule has 1 aromatic carbocycles. The van der Waals surface area contributed by atoms with Gasteiger partial charge < -0.3 is 5.32 Å². The Kier molecular flexibility index (Phi) is 5.12. The summed E-state index contributed by atoms with van der Waals surface area (Å²) >= 11 is 9.91. The number of halogens is 3. The van der Waals surface area contributed by atoms with Gasteiger partial charge in [0.15, 0.2) is 0 Å². The summed E-state index contributed by atoms with van der Waals surface area (Å²) in [5, 5.41) is 3.53.